The predicted molar refractivity (Wildman–Crippen MR) is 101 cm³/mol. The van der Waals surface area contributed by atoms with Crippen molar-refractivity contribution in [1.82, 2.24) is 14.9 Å². The number of imidazole rings is 1. The van der Waals surface area contributed by atoms with Crippen molar-refractivity contribution in [2.45, 2.75) is 51.6 Å². The lowest BCUT2D eigenvalue weighted by Gasteiger charge is -2.17. The molecule has 1 fully saturated rings. The molecule has 0 spiro atoms. The lowest BCUT2D eigenvalue weighted by atomic mass is 10.1. The van der Waals surface area contributed by atoms with Gasteiger partial charge in [-0.25, -0.2) is 4.98 Å². The summed E-state index contributed by atoms with van der Waals surface area (Å²) in [4.78, 5) is 30.0. The van der Waals surface area contributed by atoms with Gasteiger partial charge in [-0.05, 0) is 56.7 Å². The van der Waals surface area contributed by atoms with E-state index in [0.29, 0.717) is 23.7 Å². The van der Waals surface area contributed by atoms with Gasteiger partial charge in [-0.15, -0.1) is 0 Å². The van der Waals surface area contributed by atoms with Crippen LogP contribution in [0, 0.1) is 6.92 Å². The fourth-order valence-corrected chi connectivity index (χ4v) is 3.48. The summed E-state index contributed by atoms with van der Waals surface area (Å²) >= 11 is 0. The molecular weight excluding hydrogens is 344 g/mol. The maximum absolute atomic E-state index is 13.0. The molecular formula is C20H24N4O3. The van der Waals surface area contributed by atoms with Crippen LogP contribution in [0.1, 0.15) is 58.0 Å². The highest BCUT2D eigenvalue weighted by molar-refractivity contribution is 6.04. The molecule has 1 saturated carbocycles. The van der Waals surface area contributed by atoms with Gasteiger partial charge in [0.15, 0.2) is 5.82 Å². The van der Waals surface area contributed by atoms with Crippen molar-refractivity contribution >= 4 is 17.5 Å². The van der Waals surface area contributed by atoms with Gasteiger partial charge in [0.2, 0.25) is 0 Å². The van der Waals surface area contributed by atoms with E-state index in [1.165, 1.54) is 0 Å². The number of hydrogen-bond donors (Lipinski definition) is 2. The van der Waals surface area contributed by atoms with Crippen molar-refractivity contribution in [2.75, 3.05) is 12.4 Å². The van der Waals surface area contributed by atoms with E-state index in [0.717, 1.165) is 43.4 Å². The highest BCUT2D eigenvalue weighted by Crippen LogP contribution is 2.27. The van der Waals surface area contributed by atoms with E-state index in [4.69, 9.17) is 4.74 Å². The molecule has 0 bridgehead atoms. The van der Waals surface area contributed by atoms with E-state index < -0.39 is 0 Å². The molecule has 1 aromatic heterocycles. The highest BCUT2D eigenvalue weighted by Gasteiger charge is 2.31. The fraction of sp³-hybridized carbons (Fsp3) is 0.450. The minimum atomic E-state index is -0.326. The van der Waals surface area contributed by atoms with Crippen LogP contribution >= 0.6 is 0 Å². The molecule has 7 heteroatoms. The first-order valence-electron chi connectivity index (χ1n) is 9.43. The van der Waals surface area contributed by atoms with Crippen LogP contribution < -0.4 is 15.4 Å². The molecule has 2 heterocycles. The second-order valence-corrected chi connectivity index (χ2v) is 7.25. The normalized spacial score (nSPS) is 15.8. The largest absolute Gasteiger partial charge is 0.495 e. The monoisotopic (exact) mass is 368 g/mol. The van der Waals surface area contributed by atoms with Crippen molar-refractivity contribution < 1.29 is 14.3 Å². The van der Waals surface area contributed by atoms with Gasteiger partial charge >= 0.3 is 0 Å². The van der Waals surface area contributed by atoms with Crippen LogP contribution in [0.2, 0.25) is 0 Å². The van der Waals surface area contributed by atoms with Gasteiger partial charge in [-0.3, -0.25) is 9.59 Å². The van der Waals surface area contributed by atoms with Crippen LogP contribution in [0.3, 0.4) is 0 Å². The number of methoxy groups -OCH3 is 1. The maximum Gasteiger partial charge on any atom is 0.291 e. The van der Waals surface area contributed by atoms with E-state index in [9.17, 15) is 9.59 Å². The number of anilines is 1. The molecule has 2 aliphatic rings. The number of aryl methyl sites for hydroxylation is 1. The van der Waals surface area contributed by atoms with Gasteiger partial charge in [-0.2, -0.15) is 0 Å². The summed E-state index contributed by atoms with van der Waals surface area (Å²) in [5.41, 5.74) is 2.86. The Balaban J connectivity index is 1.64. The van der Waals surface area contributed by atoms with Crippen LogP contribution in [0.15, 0.2) is 18.2 Å². The van der Waals surface area contributed by atoms with Crippen LogP contribution in [-0.4, -0.2) is 34.5 Å². The second kappa shape index (κ2) is 7.06. The van der Waals surface area contributed by atoms with Gasteiger partial charge in [0.25, 0.3) is 11.8 Å². The molecule has 1 aromatic carbocycles. The van der Waals surface area contributed by atoms with Gasteiger partial charge in [-0.1, -0.05) is 6.07 Å². The summed E-state index contributed by atoms with van der Waals surface area (Å²) in [7, 11) is 1.57. The molecule has 1 aliphatic carbocycles. The van der Waals surface area contributed by atoms with Gasteiger partial charge in [0.05, 0.1) is 18.5 Å². The Morgan fingerprint density at radius 1 is 1.22 bits per heavy atom. The number of carbonyl (C=O) groups excluding carboxylic acids is 2. The Bertz CT molecular complexity index is 899. The van der Waals surface area contributed by atoms with Crippen LogP contribution in [0.5, 0.6) is 5.75 Å². The van der Waals surface area contributed by atoms with E-state index in [-0.39, 0.29) is 23.7 Å². The number of fused-ring (bicyclic) bond motifs is 1. The molecule has 1 aliphatic heterocycles. The van der Waals surface area contributed by atoms with E-state index in [1.807, 2.05) is 29.7 Å². The third kappa shape index (κ3) is 3.54. The Morgan fingerprint density at radius 2 is 2.04 bits per heavy atom. The first-order valence-corrected chi connectivity index (χ1v) is 9.43. The zero-order chi connectivity index (χ0) is 19.0. The van der Waals surface area contributed by atoms with E-state index in [1.54, 1.807) is 7.11 Å². The molecule has 0 radical (unpaired) electrons. The first kappa shape index (κ1) is 17.6. The molecule has 7 nitrogen and oxygen atoms in total. The standard InChI is InChI=1S/C20H24N4O3/c1-12-6-9-16(27-2)14(11-12)22-20(26)18-23-17(19(25)21-13-7-8-13)15-5-3-4-10-24(15)18/h6,9,11,13H,3-5,7-8,10H2,1-2H3,(H,21,25)(H,22,26). The smallest absolute Gasteiger partial charge is 0.291 e. The Labute approximate surface area is 158 Å². The lowest BCUT2D eigenvalue weighted by Crippen LogP contribution is -2.27. The summed E-state index contributed by atoms with van der Waals surface area (Å²) in [5, 5.41) is 5.88. The van der Waals surface area contributed by atoms with Crippen LogP contribution in [-0.2, 0) is 13.0 Å². The van der Waals surface area contributed by atoms with Gasteiger partial charge in [0, 0.05) is 12.6 Å². The Kier molecular flexibility index (Phi) is 4.59. The number of benzene rings is 1. The number of amides is 2. The molecule has 2 amide bonds. The van der Waals surface area contributed by atoms with Crippen molar-refractivity contribution in [3.63, 3.8) is 0 Å². The number of carbonyl (C=O) groups is 2. The SMILES string of the molecule is COc1ccc(C)cc1NC(=O)c1nc(C(=O)NC2CC2)c2n1CCCC2. The topological polar surface area (TPSA) is 85.2 Å². The Hall–Kier alpha value is -2.83. The molecule has 2 N–H and O–H groups in total. The molecule has 0 saturated heterocycles. The van der Waals surface area contributed by atoms with E-state index in [2.05, 4.69) is 15.6 Å². The van der Waals surface area contributed by atoms with Crippen molar-refractivity contribution in [2.24, 2.45) is 0 Å². The third-order valence-corrected chi connectivity index (χ3v) is 5.05. The maximum atomic E-state index is 13.0. The molecule has 0 unspecified atom stereocenters. The minimum absolute atomic E-state index is 0.171. The lowest BCUT2D eigenvalue weighted by molar-refractivity contribution is 0.0945. The third-order valence-electron chi connectivity index (χ3n) is 5.05. The number of hydrogen-bond acceptors (Lipinski definition) is 4. The average Bonchev–Trinajstić information content (AvgIpc) is 3.38. The van der Waals surface area contributed by atoms with Crippen LogP contribution in [0.25, 0.3) is 0 Å². The quantitative estimate of drug-likeness (QED) is 0.850. The minimum Gasteiger partial charge on any atom is -0.495 e. The second-order valence-electron chi connectivity index (χ2n) is 7.25. The first-order chi connectivity index (χ1) is 13.1. The molecule has 4 rings (SSSR count). The summed E-state index contributed by atoms with van der Waals surface area (Å²) in [5.74, 6) is 0.378. The van der Waals surface area contributed by atoms with Gasteiger partial charge in [0.1, 0.15) is 11.4 Å². The zero-order valence-electron chi connectivity index (χ0n) is 15.7. The number of nitrogens with one attached hydrogen (secondary N) is 2. The molecule has 27 heavy (non-hydrogen) atoms. The fourth-order valence-electron chi connectivity index (χ4n) is 3.48. The highest BCUT2D eigenvalue weighted by atomic mass is 16.5. The molecule has 142 valence electrons. The van der Waals surface area contributed by atoms with Crippen LogP contribution in [0.4, 0.5) is 5.69 Å². The zero-order valence-corrected chi connectivity index (χ0v) is 15.7. The average molecular weight is 368 g/mol. The van der Waals surface area contributed by atoms with Gasteiger partial charge < -0.3 is 19.9 Å². The van der Waals surface area contributed by atoms with E-state index >= 15 is 0 Å². The molecule has 0 atom stereocenters. The predicted octanol–water partition coefficient (Wildman–Crippen LogP) is 2.68. The summed E-state index contributed by atoms with van der Waals surface area (Å²) in [6, 6.07) is 5.86. The van der Waals surface area contributed by atoms with Crippen molar-refractivity contribution in [3.8, 4) is 5.75 Å². The number of nitrogens with zero attached hydrogens (tertiary/aromatic N) is 2. The number of ether oxygens (including phenoxy) is 1. The molecule has 2 aromatic rings. The van der Waals surface area contributed by atoms with Crippen molar-refractivity contribution in [3.05, 3.63) is 41.0 Å². The van der Waals surface area contributed by atoms with Crippen molar-refractivity contribution in [1.29, 1.82) is 0 Å². The summed E-state index contributed by atoms with van der Waals surface area (Å²) in [6.07, 6.45) is 4.77. The number of aromatic nitrogens is 2. The summed E-state index contributed by atoms with van der Waals surface area (Å²) in [6.45, 7) is 2.65. The summed E-state index contributed by atoms with van der Waals surface area (Å²) < 4.78 is 7.23. The number of rotatable bonds is 5. The Morgan fingerprint density at radius 3 is 2.78 bits per heavy atom.